The molecular formula is C19H27N. The molecule has 0 saturated carbocycles. The monoisotopic (exact) mass is 269 g/mol. The van der Waals surface area contributed by atoms with Crippen LogP contribution in [-0.4, -0.2) is 13.1 Å². The third-order valence-corrected chi connectivity index (χ3v) is 4.17. The van der Waals surface area contributed by atoms with Crippen molar-refractivity contribution in [2.24, 2.45) is 11.8 Å². The molecule has 0 aliphatic rings. The molecule has 1 N–H and O–H groups in total. The molecule has 2 aromatic rings. The zero-order valence-electron chi connectivity index (χ0n) is 13.2. The largest absolute Gasteiger partial charge is 0.316 e. The first-order chi connectivity index (χ1) is 9.58. The molecule has 0 spiro atoms. The molecule has 0 fully saturated rings. The van der Waals surface area contributed by atoms with Gasteiger partial charge in [0, 0.05) is 0 Å². The van der Waals surface area contributed by atoms with E-state index in [2.05, 4.69) is 75.5 Å². The Bertz CT molecular complexity index is 544. The summed E-state index contributed by atoms with van der Waals surface area (Å²) in [5, 5.41) is 6.25. The summed E-state index contributed by atoms with van der Waals surface area (Å²) in [6.45, 7) is 11.4. The molecular weight excluding hydrogens is 242 g/mol. The molecule has 20 heavy (non-hydrogen) atoms. The SMILES string of the molecule is CC(C)CNCC(C)C(C)c1ccc2ccccc2c1. The van der Waals surface area contributed by atoms with Gasteiger partial charge in [0.25, 0.3) is 0 Å². The van der Waals surface area contributed by atoms with Crippen LogP contribution in [0.4, 0.5) is 0 Å². The summed E-state index contributed by atoms with van der Waals surface area (Å²) in [7, 11) is 0. The highest BCUT2D eigenvalue weighted by Crippen LogP contribution is 2.26. The quantitative estimate of drug-likeness (QED) is 0.792. The van der Waals surface area contributed by atoms with Gasteiger partial charge in [-0.2, -0.15) is 0 Å². The molecule has 0 aliphatic heterocycles. The topological polar surface area (TPSA) is 12.0 Å². The lowest BCUT2D eigenvalue weighted by molar-refractivity contribution is 0.428. The maximum atomic E-state index is 3.57. The van der Waals surface area contributed by atoms with E-state index in [1.807, 2.05) is 0 Å². The summed E-state index contributed by atoms with van der Waals surface area (Å²) in [5.74, 6) is 1.95. The zero-order chi connectivity index (χ0) is 14.5. The highest BCUT2D eigenvalue weighted by atomic mass is 14.9. The van der Waals surface area contributed by atoms with Gasteiger partial charge in [-0.05, 0) is 47.2 Å². The Morgan fingerprint density at radius 3 is 2.25 bits per heavy atom. The highest BCUT2D eigenvalue weighted by Gasteiger charge is 2.14. The molecule has 0 bridgehead atoms. The number of benzene rings is 2. The second-order valence-electron chi connectivity index (χ2n) is 6.42. The van der Waals surface area contributed by atoms with Crippen LogP contribution in [0.25, 0.3) is 10.8 Å². The molecule has 2 unspecified atom stereocenters. The molecule has 0 saturated heterocycles. The molecule has 0 amide bonds. The lowest BCUT2D eigenvalue weighted by Gasteiger charge is -2.22. The molecule has 2 atom stereocenters. The van der Waals surface area contributed by atoms with Crippen LogP contribution >= 0.6 is 0 Å². The van der Waals surface area contributed by atoms with Gasteiger partial charge in [-0.25, -0.2) is 0 Å². The second kappa shape index (κ2) is 6.90. The number of hydrogen-bond donors (Lipinski definition) is 1. The Morgan fingerprint density at radius 1 is 0.850 bits per heavy atom. The summed E-state index contributed by atoms with van der Waals surface area (Å²) in [6.07, 6.45) is 0. The van der Waals surface area contributed by atoms with E-state index >= 15 is 0 Å². The molecule has 1 heteroatoms. The van der Waals surface area contributed by atoms with Gasteiger partial charge in [0.2, 0.25) is 0 Å². The Balaban J connectivity index is 2.04. The van der Waals surface area contributed by atoms with Crippen LogP contribution in [0.2, 0.25) is 0 Å². The normalized spacial score (nSPS) is 14.7. The van der Waals surface area contributed by atoms with Crippen molar-refractivity contribution in [3.8, 4) is 0 Å². The minimum Gasteiger partial charge on any atom is -0.316 e. The summed E-state index contributed by atoms with van der Waals surface area (Å²) in [6, 6.07) is 15.5. The third-order valence-electron chi connectivity index (χ3n) is 4.17. The van der Waals surface area contributed by atoms with Gasteiger partial charge >= 0.3 is 0 Å². The van der Waals surface area contributed by atoms with E-state index in [0.29, 0.717) is 11.8 Å². The van der Waals surface area contributed by atoms with Crippen LogP contribution < -0.4 is 5.32 Å². The Kier molecular flexibility index (Phi) is 5.19. The maximum absolute atomic E-state index is 3.57. The number of nitrogens with one attached hydrogen (secondary N) is 1. The van der Waals surface area contributed by atoms with Crippen molar-refractivity contribution in [2.45, 2.75) is 33.6 Å². The first kappa shape index (κ1) is 15.1. The van der Waals surface area contributed by atoms with Crippen molar-refractivity contribution in [1.29, 1.82) is 0 Å². The van der Waals surface area contributed by atoms with Crippen molar-refractivity contribution in [3.63, 3.8) is 0 Å². The van der Waals surface area contributed by atoms with Gasteiger partial charge in [0.1, 0.15) is 0 Å². The average Bonchev–Trinajstić information content (AvgIpc) is 2.45. The molecule has 0 aliphatic carbocycles. The first-order valence-electron chi connectivity index (χ1n) is 7.77. The summed E-state index contributed by atoms with van der Waals surface area (Å²) in [5.41, 5.74) is 1.45. The van der Waals surface area contributed by atoms with Crippen molar-refractivity contribution in [1.82, 2.24) is 5.32 Å². The molecule has 2 rings (SSSR count). The van der Waals surface area contributed by atoms with Gasteiger partial charge in [-0.15, -0.1) is 0 Å². The zero-order valence-corrected chi connectivity index (χ0v) is 13.2. The lowest BCUT2D eigenvalue weighted by atomic mass is 9.87. The summed E-state index contributed by atoms with van der Waals surface area (Å²) in [4.78, 5) is 0. The van der Waals surface area contributed by atoms with E-state index in [1.165, 1.54) is 16.3 Å². The first-order valence-corrected chi connectivity index (χ1v) is 7.77. The second-order valence-corrected chi connectivity index (χ2v) is 6.42. The van der Waals surface area contributed by atoms with Gasteiger partial charge in [-0.3, -0.25) is 0 Å². The number of hydrogen-bond acceptors (Lipinski definition) is 1. The fraction of sp³-hybridized carbons (Fsp3) is 0.474. The molecule has 0 heterocycles. The maximum Gasteiger partial charge on any atom is -0.00173 e. The minimum atomic E-state index is 0.583. The van der Waals surface area contributed by atoms with Crippen molar-refractivity contribution < 1.29 is 0 Å². The predicted molar refractivity (Wildman–Crippen MR) is 89.2 cm³/mol. The van der Waals surface area contributed by atoms with E-state index in [9.17, 15) is 0 Å². The van der Waals surface area contributed by atoms with Gasteiger partial charge < -0.3 is 5.32 Å². The molecule has 0 radical (unpaired) electrons. The average molecular weight is 269 g/mol. The molecule has 2 aromatic carbocycles. The highest BCUT2D eigenvalue weighted by molar-refractivity contribution is 5.83. The predicted octanol–water partition coefficient (Wildman–Crippen LogP) is 4.83. The summed E-state index contributed by atoms with van der Waals surface area (Å²) >= 11 is 0. The van der Waals surface area contributed by atoms with Gasteiger partial charge in [0.15, 0.2) is 0 Å². The van der Waals surface area contributed by atoms with Crippen LogP contribution in [0.5, 0.6) is 0 Å². The van der Waals surface area contributed by atoms with Crippen LogP contribution in [0, 0.1) is 11.8 Å². The minimum absolute atomic E-state index is 0.583. The van der Waals surface area contributed by atoms with E-state index in [4.69, 9.17) is 0 Å². The van der Waals surface area contributed by atoms with Crippen LogP contribution in [-0.2, 0) is 0 Å². The standard InChI is InChI=1S/C19H27N/c1-14(2)12-20-13-15(3)16(4)18-10-9-17-7-5-6-8-19(17)11-18/h5-11,14-16,20H,12-13H2,1-4H3. The molecule has 108 valence electrons. The van der Waals surface area contributed by atoms with Crippen LogP contribution in [0.15, 0.2) is 42.5 Å². The van der Waals surface area contributed by atoms with Crippen molar-refractivity contribution in [3.05, 3.63) is 48.0 Å². The van der Waals surface area contributed by atoms with Crippen molar-refractivity contribution in [2.75, 3.05) is 13.1 Å². The fourth-order valence-corrected chi connectivity index (χ4v) is 2.60. The van der Waals surface area contributed by atoms with Crippen molar-refractivity contribution >= 4 is 10.8 Å². The van der Waals surface area contributed by atoms with E-state index < -0.39 is 0 Å². The Morgan fingerprint density at radius 2 is 1.55 bits per heavy atom. The summed E-state index contributed by atoms with van der Waals surface area (Å²) < 4.78 is 0. The van der Waals surface area contributed by atoms with E-state index in [1.54, 1.807) is 0 Å². The molecule has 0 aromatic heterocycles. The van der Waals surface area contributed by atoms with Crippen LogP contribution in [0.3, 0.4) is 0 Å². The Hall–Kier alpha value is -1.34. The molecule has 1 nitrogen and oxygen atoms in total. The van der Waals surface area contributed by atoms with E-state index in [0.717, 1.165) is 19.0 Å². The lowest BCUT2D eigenvalue weighted by Crippen LogP contribution is -2.27. The number of fused-ring (bicyclic) bond motifs is 1. The van der Waals surface area contributed by atoms with Gasteiger partial charge in [-0.1, -0.05) is 70.2 Å². The smallest absolute Gasteiger partial charge is 0.00173 e. The fourth-order valence-electron chi connectivity index (χ4n) is 2.60. The number of rotatable bonds is 6. The van der Waals surface area contributed by atoms with Gasteiger partial charge in [0.05, 0.1) is 0 Å². The third kappa shape index (κ3) is 3.83. The van der Waals surface area contributed by atoms with Crippen LogP contribution in [0.1, 0.15) is 39.2 Å². The van der Waals surface area contributed by atoms with E-state index in [-0.39, 0.29) is 0 Å². The Labute approximate surface area is 123 Å².